The lowest BCUT2D eigenvalue weighted by Gasteiger charge is -2.26. The van der Waals surface area contributed by atoms with Crippen molar-refractivity contribution < 1.29 is 13.2 Å². The SMILES string of the molecule is CCC(CC)n1c(-c2cccs2)csc1=Nc1ccc(S(=O)(=O)N2CCOCC2)cc1. The van der Waals surface area contributed by atoms with E-state index in [1.165, 1.54) is 14.9 Å². The number of thiazole rings is 1. The number of hydrogen-bond acceptors (Lipinski definition) is 6. The van der Waals surface area contributed by atoms with E-state index in [-0.39, 0.29) is 0 Å². The van der Waals surface area contributed by atoms with E-state index in [1.807, 2.05) is 0 Å². The Morgan fingerprint density at radius 2 is 1.77 bits per heavy atom. The minimum atomic E-state index is -3.50. The van der Waals surface area contributed by atoms with E-state index < -0.39 is 10.0 Å². The van der Waals surface area contributed by atoms with Crippen molar-refractivity contribution in [2.24, 2.45) is 4.99 Å². The van der Waals surface area contributed by atoms with Crippen LogP contribution >= 0.6 is 22.7 Å². The third kappa shape index (κ3) is 4.70. The third-order valence-electron chi connectivity index (χ3n) is 5.49. The van der Waals surface area contributed by atoms with Crippen LogP contribution in [0.4, 0.5) is 5.69 Å². The number of sulfonamides is 1. The molecule has 6 nitrogen and oxygen atoms in total. The molecule has 31 heavy (non-hydrogen) atoms. The summed E-state index contributed by atoms with van der Waals surface area (Å²) >= 11 is 3.35. The normalized spacial score (nSPS) is 16.3. The average molecular weight is 478 g/mol. The summed E-state index contributed by atoms with van der Waals surface area (Å²) in [5, 5.41) is 4.26. The minimum absolute atomic E-state index is 0.298. The largest absolute Gasteiger partial charge is 0.379 e. The number of morpholine rings is 1. The van der Waals surface area contributed by atoms with Gasteiger partial charge in [-0.3, -0.25) is 0 Å². The molecule has 0 saturated carbocycles. The molecule has 3 aromatic rings. The predicted octanol–water partition coefficient (Wildman–Crippen LogP) is 4.89. The van der Waals surface area contributed by atoms with Crippen molar-refractivity contribution in [1.82, 2.24) is 8.87 Å². The molecule has 1 fully saturated rings. The number of rotatable bonds is 7. The van der Waals surface area contributed by atoms with Crippen LogP contribution in [-0.2, 0) is 14.8 Å². The van der Waals surface area contributed by atoms with Crippen LogP contribution in [0.1, 0.15) is 32.7 Å². The fourth-order valence-electron chi connectivity index (χ4n) is 3.75. The first kappa shape index (κ1) is 22.4. The first-order valence-electron chi connectivity index (χ1n) is 10.5. The van der Waals surface area contributed by atoms with Crippen molar-refractivity contribution in [2.75, 3.05) is 26.3 Å². The molecule has 1 aromatic carbocycles. The molecule has 0 atom stereocenters. The molecule has 0 amide bonds. The van der Waals surface area contributed by atoms with Crippen LogP contribution < -0.4 is 4.80 Å². The molecule has 1 saturated heterocycles. The second kappa shape index (κ2) is 9.79. The number of hydrogen-bond donors (Lipinski definition) is 0. The van der Waals surface area contributed by atoms with Crippen molar-refractivity contribution in [2.45, 2.75) is 37.6 Å². The molecule has 0 aliphatic carbocycles. The number of ether oxygens (including phenoxy) is 1. The van der Waals surface area contributed by atoms with Crippen LogP contribution in [-0.4, -0.2) is 43.6 Å². The summed E-state index contributed by atoms with van der Waals surface area (Å²) in [6.45, 7) is 6.06. The van der Waals surface area contributed by atoms with Gasteiger partial charge in [-0.15, -0.1) is 22.7 Å². The van der Waals surface area contributed by atoms with Gasteiger partial charge in [-0.1, -0.05) is 19.9 Å². The van der Waals surface area contributed by atoms with Gasteiger partial charge < -0.3 is 9.30 Å². The molecule has 1 aliphatic rings. The Labute approximate surface area is 191 Å². The van der Waals surface area contributed by atoms with Crippen molar-refractivity contribution in [3.63, 3.8) is 0 Å². The van der Waals surface area contributed by atoms with Gasteiger partial charge in [0.25, 0.3) is 0 Å². The molecule has 166 valence electrons. The van der Waals surface area contributed by atoms with Gasteiger partial charge in [0.1, 0.15) is 0 Å². The lowest BCUT2D eigenvalue weighted by atomic mass is 10.1. The summed E-state index contributed by atoms with van der Waals surface area (Å²) in [7, 11) is -3.50. The molecule has 0 bridgehead atoms. The summed E-state index contributed by atoms with van der Waals surface area (Å²) in [5.74, 6) is 0. The van der Waals surface area contributed by atoms with E-state index >= 15 is 0 Å². The van der Waals surface area contributed by atoms with Gasteiger partial charge in [0, 0.05) is 24.5 Å². The minimum Gasteiger partial charge on any atom is -0.379 e. The smallest absolute Gasteiger partial charge is 0.243 e. The van der Waals surface area contributed by atoms with E-state index in [0.29, 0.717) is 37.2 Å². The molecule has 1 aliphatic heterocycles. The molecule has 2 aromatic heterocycles. The molecule has 4 rings (SSSR count). The maximum atomic E-state index is 12.9. The van der Waals surface area contributed by atoms with E-state index in [4.69, 9.17) is 9.73 Å². The molecule has 3 heterocycles. The number of thiophene rings is 1. The van der Waals surface area contributed by atoms with Crippen molar-refractivity contribution in [3.05, 3.63) is 52.0 Å². The van der Waals surface area contributed by atoms with Gasteiger partial charge in [-0.25, -0.2) is 13.4 Å². The van der Waals surface area contributed by atoms with Crippen LogP contribution in [0.15, 0.2) is 57.0 Å². The molecule has 0 radical (unpaired) electrons. The highest BCUT2D eigenvalue weighted by Gasteiger charge is 2.26. The Hall–Kier alpha value is -1.78. The molecule has 9 heteroatoms. The summed E-state index contributed by atoms with van der Waals surface area (Å²) in [6.07, 6.45) is 2.05. The first-order valence-corrected chi connectivity index (χ1v) is 13.7. The molecular formula is C22H27N3O3S3. The van der Waals surface area contributed by atoms with E-state index in [1.54, 1.807) is 46.9 Å². The van der Waals surface area contributed by atoms with Crippen molar-refractivity contribution >= 4 is 38.4 Å². The lowest BCUT2D eigenvalue weighted by Crippen LogP contribution is -2.40. The van der Waals surface area contributed by atoms with Crippen molar-refractivity contribution in [3.8, 4) is 10.6 Å². The van der Waals surface area contributed by atoms with Crippen molar-refractivity contribution in [1.29, 1.82) is 0 Å². The Kier molecular flexibility index (Phi) is 7.08. The maximum absolute atomic E-state index is 12.9. The number of aromatic nitrogens is 1. The molecule has 0 unspecified atom stereocenters. The highest BCUT2D eigenvalue weighted by atomic mass is 32.2. The zero-order valence-corrected chi connectivity index (χ0v) is 20.2. The van der Waals surface area contributed by atoms with Gasteiger partial charge in [-0.2, -0.15) is 4.31 Å². The summed E-state index contributed by atoms with van der Waals surface area (Å²) < 4.78 is 34.8. The quantitative estimate of drug-likeness (QED) is 0.487. The fraction of sp³-hybridized carbons (Fsp3) is 0.409. The maximum Gasteiger partial charge on any atom is 0.243 e. The third-order valence-corrected chi connectivity index (χ3v) is 9.14. The monoisotopic (exact) mass is 477 g/mol. The highest BCUT2D eigenvalue weighted by Crippen LogP contribution is 2.30. The van der Waals surface area contributed by atoms with Crippen LogP contribution in [0.25, 0.3) is 10.6 Å². The second-order valence-electron chi connectivity index (χ2n) is 7.34. The van der Waals surface area contributed by atoms with E-state index in [2.05, 4.69) is 41.3 Å². The van der Waals surface area contributed by atoms with E-state index in [0.717, 1.165) is 23.3 Å². The zero-order valence-electron chi connectivity index (χ0n) is 17.7. The Morgan fingerprint density at radius 1 is 1.06 bits per heavy atom. The molecular weight excluding hydrogens is 450 g/mol. The fourth-order valence-corrected chi connectivity index (χ4v) is 6.95. The summed E-state index contributed by atoms with van der Waals surface area (Å²) in [6, 6.07) is 11.4. The van der Waals surface area contributed by atoms with Gasteiger partial charge >= 0.3 is 0 Å². The predicted molar refractivity (Wildman–Crippen MR) is 126 cm³/mol. The average Bonchev–Trinajstić information content (AvgIpc) is 3.46. The van der Waals surface area contributed by atoms with Gasteiger partial charge in [0.15, 0.2) is 4.80 Å². The second-order valence-corrected chi connectivity index (χ2v) is 11.1. The highest BCUT2D eigenvalue weighted by molar-refractivity contribution is 7.89. The molecule has 0 N–H and O–H groups in total. The van der Waals surface area contributed by atoms with Gasteiger partial charge in [0.05, 0.1) is 34.4 Å². The Morgan fingerprint density at radius 3 is 2.39 bits per heavy atom. The Balaban J connectivity index is 1.69. The lowest BCUT2D eigenvalue weighted by molar-refractivity contribution is 0.0730. The summed E-state index contributed by atoms with van der Waals surface area (Å²) in [5.41, 5.74) is 1.94. The van der Waals surface area contributed by atoms with Gasteiger partial charge in [0.2, 0.25) is 10.0 Å². The van der Waals surface area contributed by atoms with E-state index in [9.17, 15) is 8.42 Å². The topological polar surface area (TPSA) is 63.9 Å². The van der Waals surface area contributed by atoms with Crippen LogP contribution in [0.3, 0.4) is 0 Å². The van der Waals surface area contributed by atoms with Crippen LogP contribution in [0, 0.1) is 0 Å². The standard InChI is InChI=1S/C22H27N3O3S3/c1-3-18(4-2)25-20(21-6-5-15-29-21)16-30-22(25)23-17-7-9-19(10-8-17)31(26,27)24-11-13-28-14-12-24/h5-10,15-16,18H,3-4,11-14H2,1-2H3. The zero-order chi connectivity index (χ0) is 21.8. The summed E-state index contributed by atoms with van der Waals surface area (Å²) in [4.78, 5) is 7.34. The van der Waals surface area contributed by atoms with Gasteiger partial charge in [-0.05, 0) is 48.6 Å². The number of benzene rings is 1. The van der Waals surface area contributed by atoms with Crippen LogP contribution in [0.2, 0.25) is 0 Å². The van der Waals surface area contributed by atoms with Crippen LogP contribution in [0.5, 0.6) is 0 Å². The Bertz CT molecular complexity index is 1150. The number of nitrogens with zero attached hydrogens (tertiary/aromatic N) is 3. The first-order chi connectivity index (χ1) is 15.0. The molecule has 0 spiro atoms.